The second-order valence-corrected chi connectivity index (χ2v) is 6.58. The van der Waals surface area contributed by atoms with Gasteiger partial charge in [-0.2, -0.15) is 0 Å². The molecule has 0 radical (unpaired) electrons. The van der Waals surface area contributed by atoms with Crippen molar-refractivity contribution in [1.82, 2.24) is 0 Å². The van der Waals surface area contributed by atoms with Crippen LogP contribution in [0.4, 0.5) is 11.4 Å². The molecule has 0 aliphatic rings. The minimum absolute atomic E-state index is 0.420. The van der Waals surface area contributed by atoms with E-state index in [1.807, 2.05) is 65.6 Å². The molecular formula is C24H20BNO3. The van der Waals surface area contributed by atoms with Gasteiger partial charge in [-0.1, -0.05) is 61.7 Å². The van der Waals surface area contributed by atoms with Gasteiger partial charge in [0.1, 0.15) is 5.58 Å². The molecule has 5 heteroatoms. The standard InChI is InChI=1S/C24H20BNO3/c1-3-8-18(4-2)26(19-15-13-17(14-16-19)25(27)28)22-11-7-10-21-20-9-5-6-12-23(20)29-24(21)22/h3-16,27-28H,1-2H2/b18-8+. The highest BCUT2D eigenvalue weighted by atomic mass is 16.4. The number of hydrogen-bond donors (Lipinski definition) is 2. The number of furan rings is 1. The van der Waals surface area contributed by atoms with Crippen molar-refractivity contribution >= 4 is 45.9 Å². The smallest absolute Gasteiger partial charge is 0.454 e. The lowest BCUT2D eigenvalue weighted by Crippen LogP contribution is -2.29. The predicted octanol–water partition coefficient (Wildman–Crippen LogP) is 4.66. The third-order valence-electron chi connectivity index (χ3n) is 4.83. The van der Waals surface area contributed by atoms with Gasteiger partial charge < -0.3 is 19.4 Å². The maximum absolute atomic E-state index is 9.42. The summed E-state index contributed by atoms with van der Waals surface area (Å²) in [4.78, 5) is 2.01. The summed E-state index contributed by atoms with van der Waals surface area (Å²) >= 11 is 0. The summed E-state index contributed by atoms with van der Waals surface area (Å²) in [7, 11) is -1.51. The Morgan fingerprint density at radius 1 is 0.897 bits per heavy atom. The van der Waals surface area contributed by atoms with Gasteiger partial charge in [-0.25, -0.2) is 0 Å². The lowest BCUT2D eigenvalue weighted by atomic mass is 9.80. The molecule has 29 heavy (non-hydrogen) atoms. The van der Waals surface area contributed by atoms with Crippen molar-refractivity contribution in [3.8, 4) is 0 Å². The molecule has 0 atom stereocenters. The molecule has 3 aromatic carbocycles. The number of allylic oxidation sites excluding steroid dienone is 3. The Kier molecular flexibility index (Phi) is 5.08. The van der Waals surface area contributed by atoms with E-state index in [-0.39, 0.29) is 0 Å². The molecule has 1 aromatic heterocycles. The van der Waals surface area contributed by atoms with Gasteiger partial charge in [-0.05, 0) is 41.9 Å². The maximum atomic E-state index is 9.42. The van der Waals surface area contributed by atoms with Crippen molar-refractivity contribution in [2.45, 2.75) is 0 Å². The van der Waals surface area contributed by atoms with Crippen molar-refractivity contribution in [3.63, 3.8) is 0 Å². The quantitative estimate of drug-likeness (QED) is 0.377. The topological polar surface area (TPSA) is 56.8 Å². The van der Waals surface area contributed by atoms with Crippen LogP contribution in [-0.4, -0.2) is 17.2 Å². The molecule has 0 bridgehead atoms. The molecule has 142 valence electrons. The Morgan fingerprint density at radius 2 is 1.62 bits per heavy atom. The average Bonchev–Trinajstić information content (AvgIpc) is 3.13. The van der Waals surface area contributed by atoms with Gasteiger partial charge in [-0.3, -0.25) is 0 Å². The highest BCUT2D eigenvalue weighted by Crippen LogP contribution is 2.39. The molecule has 2 N–H and O–H groups in total. The van der Waals surface area contributed by atoms with Crippen LogP contribution < -0.4 is 10.4 Å². The lowest BCUT2D eigenvalue weighted by Gasteiger charge is -2.26. The first-order chi connectivity index (χ1) is 14.1. The summed E-state index contributed by atoms with van der Waals surface area (Å²) in [6.45, 7) is 7.76. The summed E-state index contributed by atoms with van der Waals surface area (Å²) in [5, 5.41) is 20.9. The maximum Gasteiger partial charge on any atom is 0.488 e. The van der Waals surface area contributed by atoms with Crippen molar-refractivity contribution in [2.75, 3.05) is 4.90 Å². The van der Waals surface area contributed by atoms with Crippen LogP contribution in [0.25, 0.3) is 21.9 Å². The molecule has 0 aliphatic heterocycles. The third-order valence-corrected chi connectivity index (χ3v) is 4.83. The number of fused-ring (bicyclic) bond motifs is 3. The molecule has 0 fully saturated rings. The molecule has 4 aromatic rings. The van der Waals surface area contributed by atoms with E-state index in [2.05, 4.69) is 13.2 Å². The van der Waals surface area contributed by atoms with E-state index in [0.29, 0.717) is 5.46 Å². The second kappa shape index (κ2) is 7.83. The van der Waals surface area contributed by atoms with Crippen LogP contribution in [0.2, 0.25) is 0 Å². The van der Waals surface area contributed by atoms with Gasteiger partial charge in [0, 0.05) is 22.2 Å². The van der Waals surface area contributed by atoms with Crippen LogP contribution in [0, 0.1) is 0 Å². The first-order valence-corrected chi connectivity index (χ1v) is 9.25. The van der Waals surface area contributed by atoms with Crippen LogP contribution in [0.5, 0.6) is 0 Å². The van der Waals surface area contributed by atoms with Crippen LogP contribution in [0.1, 0.15) is 0 Å². The fourth-order valence-corrected chi connectivity index (χ4v) is 3.49. The normalized spacial score (nSPS) is 11.6. The van der Waals surface area contributed by atoms with Crippen molar-refractivity contribution in [1.29, 1.82) is 0 Å². The van der Waals surface area contributed by atoms with E-state index in [1.54, 1.807) is 24.3 Å². The summed E-state index contributed by atoms with van der Waals surface area (Å²) in [6, 6.07) is 21.0. The Bertz CT molecular complexity index is 1220. The highest BCUT2D eigenvalue weighted by molar-refractivity contribution is 6.58. The van der Waals surface area contributed by atoms with Crippen molar-refractivity contribution in [2.24, 2.45) is 0 Å². The van der Waals surface area contributed by atoms with Gasteiger partial charge in [0.25, 0.3) is 0 Å². The molecule has 0 saturated carbocycles. The molecule has 0 saturated heterocycles. The zero-order chi connectivity index (χ0) is 20.4. The van der Waals surface area contributed by atoms with Crippen LogP contribution >= 0.6 is 0 Å². The summed E-state index contributed by atoms with van der Waals surface area (Å²) in [5.41, 5.74) is 4.49. The number of para-hydroxylation sites is 2. The number of nitrogens with zero attached hydrogens (tertiary/aromatic N) is 1. The van der Waals surface area contributed by atoms with E-state index < -0.39 is 7.12 Å². The Labute approximate surface area is 169 Å². The first-order valence-electron chi connectivity index (χ1n) is 9.25. The summed E-state index contributed by atoms with van der Waals surface area (Å²) < 4.78 is 6.21. The highest BCUT2D eigenvalue weighted by Gasteiger charge is 2.20. The van der Waals surface area contributed by atoms with Crippen molar-refractivity contribution < 1.29 is 14.5 Å². The number of benzene rings is 3. The van der Waals surface area contributed by atoms with E-state index in [1.165, 1.54) is 0 Å². The number of anilines is 2. The van der Waals surface area contributed by atoms with E-state index >= 15 is 0 Å². The molecule has 0 spiro atoms. The molecule has 0 aliphatic carbocycles. The molecule has 0 unspecified atom stereocenters. The average molecular weight is 381 g/mol. The predicted molar refractivity (Wildman–Crippen MR) is 121 cm³/mol. The van der Waals surface area contributed by atoms with Crippen LogP contribution in [-0.2, 0) is 0 Å². The summed E-state index contributed by atoms with van der Waals surface area (Å²) in [5.74, 6) is 0. The number of hydrogen-bond acceptors (Lipinski definition) is 4. The second-order valence-electron chi connectivity index (χ2n) is 6.58. The first kappa shape index (κ1) is 18.8. The summed E-state index contributed by atoms with van der Waals surface area (Å²) in [6.07, 6.45) is 5.32. The fourth-order valence-electron chi connectivity index (χ4n) is 3.49. The van der Waals surface area contributed by atoms with E-state index in [4.69, 9.17) is 4.42 Å². The largest absolute Gasteiger partial charge is 0.488 e. The third kappa shape index (κ3) is 3.38. The van der Waals surface area contributed by atoms with E-state index in [9.17, 15) is 10.0 Å². The Morgan fingerprint density at radius 3 is 2.31 bits per heavy atom. The Hall–Kier alpha value is -3.54. The number of rotatable bonds is 6. The van der Waals surface area contributed by atoms with Gasteiger partial charge in [-0.15, -0.1) is 0 Å². The van der Waals surface area contributed by atoms with Gasteiger partial charge in [0.05, 0.1) is 5.69 Å². The lowest BCUT2D eigenvalue weighted by molar-refractivity contribution is 0.426. The molecule has 4 nitrogen and oxygen atoms in total. The van der Waals surface area contributed by atoms with E-state index in [0.717, 1.165) is 39.0 Å². The molecule has 4 rings (SSSR count). The molecule has 1 heterocycles. The fraction of sp³-hybridized carbons (Fsp3) is 0. The monoisotopic (exact) mass is 381 g/mol. The van der Waals surface area contributed by atoms with Gasteiger partial charge in [0.2, 0.25) is 0 Å². The minimum atomic E-state index is -1.51. The minimum Gasteiger partial charge on any atom is -0.454 e. The zero-order valence-corrected chi connectivity index (χ0v) is 15.8. The van der Waals surface area contributed by atoms with Gasteiger partial charge in [0.15, 0.2) is 5.58 Å². The zero-order valence-electron chi connectivity index (χ0n) is 15.8. The van der Waals surface area contributed by atoms with Crippen molar-refractivity contribution in [3.05, 3.63) is 104 Å². The Balaban J connectivity index is 1.97. The SMILES string of the molecule is C=C/C=C(\C=C)N(c1ccc(B(O)O)cc1)c1cccc2c1oc1ccccc12. The van der Waals surface area contributed by atoms with Crippen LogP contribution in [0.15, 0.2) is 108 Å². The van der Waals surface area contributed by atoms with Crippen LogP contribution in [0.3, 0.4) is 0 Å². The van der Waals surface area contributed by atoms with Gasteiger partial charge >= 0.3 is 7.12 Å². The molecule has 0 amide bonds. The molecular weight excluding hydrogens is 361 g/mol.